The van der Waals surface area contributed by atoms with E-state index in [0.717, 1.165) is 36.0 Å². The van der Waals surface area contributed by atoms with Crippen molar-refractivity contribution < 1.29 is 19.7 Å². The van der Waals surface area contributed by atoms with Crippen molar-refractivity contribution in [3.63, 3.8) is 0 Å². The molecule has 2 fully saturated rings. The molecule has 1 unspecified atom stereocenters. The summed E-state index contributed by atoms with van der Waals surface area (Å²) in [6, 6.07) is 18.6. The number of rotatable bonds is 8. The van der Waals surface area contributed by atoms with Crippen molar-refractivity contribution in [2.45, 2.75) is 49.8 Å². The number of aromatic amines is 1. The maximum absolute atomic E-state index is 12.5. The van der Waals surface area contributed by atoms with Crippen molar-refractivity contribution in [2.75, 3.05) is 11.9 Å². The van der Waals surface area contributed by atoms with E-state index in [-0.39, 0.29) is 6.04 Å². The van der Waals surface area contributed by atoms with Crippen molar-refractivity contribution >= 4 is 33.8 Å². The molecule has 11 heteroatoms. The summed E-state index contributed by atoms with van der Waals surface area (Å²) in [6.07, 6.45) is 0.575. The van der Waals surface area contributed by atoms with Crippen LogP contribution in [0.1, 0.15) is 24.6 Å². The lowest BCUT2D eigenvalue weighted by Gasteiger charge is -2.16. The first kappa shape index (κ1) is 24.7. The summed E-state index contributed by atoms with van der Waals surface area (Å²) < 4.78 is 7.36. The summed E-state index contributed by atoms with van der Waals surface area (Å²) >= 11 is 0. The third-order valence-corrected chi connectivity index (χ3v) is 7.60. The molecule has 2 aromatic carbocycles. The number of ether oxygens (including phenoxy) is 1. The summed E-state index contributed by atoms with van der Waals surface area (Å²) in [6.45, 7) is 0.589. The van der Waals surface area contributed by atoms with Gasteiger partial charge in [-0.3, -0.25) is 9.36 Å². The van der Waals surface area contributed by atoms with E-state index in [1.165, 1.54) is 28.2 Å². The molecule has 7 rings (SSSR count). The second kappa shape index (κ2) is 10.0. The van der Waals surface area contributed by atoms with Crippen molar-refractivity contribution in [1.29, 1.82) is 0 Å². The monoisotopic (exact) mass is 539 g/mol. The average Bonchev–Trinajstić information content (AvgIpc) is 3.44. The fraction of sp³-hybridized carbons (Fsp3) is 0.310. The number of imidazole rings is 1. The summed E-state index contributed by atoms with van der Waals surface area (Å²) in [5, 5.41) is 28.6. The molecule has 0 bridgehead atoms. The number of hydrogen-bond acceptors (Lipinski definition) is 8. The van der Waals surface area contributed by atoms with E-state index in [1.54, 1.807) is 0 Å². The van der Waals surface area contributed by atoms with Crippen LogP contribution in [0.4, 0.5) is 5.82 Å². The highest BCUT2D eigenvalue weighted by Gasteiger charge is 2.48. The first-order chi connectivity index (χ1) is 19.6. The molecule has 1 amide bonds. The van der Waals surface area contributed by atoms with Gasteiger partial charge in [0.15, 0.2) is 29.3 Å². The molecule has 4 atom stereocenters. The van der Waals surface area contributed by atoms with Crippen molar-refractivity contribution in [2.24, 2.45) is 0 Å². The van der Waals surface area contributed by atoms with Crippen LogP contribution in [0.5, 0.6) is 0 Å². The van der Waals surface area contributed by atoms with Crippen LogP contribution in [-0.4, -0.2) is 71.5 Å². The molecule has 5 aromatic rings. The Morgan fingerprint density at radius 1 is 1.02 bits per heavy atom. The summed E-state index contributed by atoms with van der Waals surface area (Å²) in [7, 11) is 0. The Morgan fingerprint density at radius 3 is 2.65 bits per heavy atom. The number of para-hydroxylation sites is 1. The predicted octanol–water partition coefficient (Wildman–Crippen LogP) is 2.53. The van der Waals surface area contributed by atoms with Crippen LogP contribution in [0, 0.1) is 0 Å². The summed E-state index contributed by atoms with van der Waals surface area (Å²) in [5.74, 6) is 0.117. The number of aliphatic hydroxyl groups excluding tert-OH is 2. The standard InChI is InChI=1S/C29H29N7O4/c37-23-24(38)29(40-25(23)28(39)34-17-10-11-17)36-15-33-22-26(31-14-32-27(22)36)30-13-12-19-18-8-4-5-9-20(18)35-21(19)16-6-2-1-3-7-16/h1-9,14-15,17,23-25,29,35,37-38H,10-13H2,(H,34,39)(H,30,31,32)/t23-,24+,25-,29?/m0/s1. The van der Waals surface area contributed by atoms with Gasteiger partial charge in [-0.1, -0.05) is 48.5 Å². The van der Waals surface area contributed by atoms with Gasteiger partial charge in [-0.25, -0.2) is 15.0 Å². The molecule has 11 nitrogen and oxygen atoms in total. The van der Waals surface area contributed by atoms with Gasteiger partial charge < -0.3 is 30.6 Å². The van der Waals surface area contributed by atoms with Gasteiger partial charge in [0.2, 0.25) is 0 Å². The third kappa shape index (κ3) is 4.37. The molecule has 1 saturated heterocycles. The van der Waals surface area contributed by atoms with Gasteiger partial charge in [0.25, 0.3) is 5.91 Å². The van der Waals surface area contributed by atoms with Gasteiger partial charge in [0.05, 0.1) is 6.33 Å². The van der Waals surface area contributed by atoms with Crippen molar-refractivity contribution in [1.82, 2.24) is 29.8 Å². The van der Waals surface area contributed by atoms with Gasteiger partial charge in [-0.2, -0.15) is 0 Å². The molecule has 0 spiro atoms. The first-order valence-electron chi connectivity index (χ1n) is 13.5. The van der Waals surface area contributed by atoms with E-state index in [0.29, 0.717) is 23.5 Å². The minimum Gasteiger partial charge on any atom is -0.387 e. The third-order valence-electron chi connectivity index (χ3n) is 7.60. The van der Waals surface area contributed by atoms with Crippen molar-refractivity contribution in [3.8, 4) is 11.3 Å². The number of amides is 1. The molecule has 40 heavy (non-hydrogen) atoms. The lowest BCUT2D eigenvalue weighted by Crippen LogP contribution is -2.43. The number of aliphatic hydroxyl groups is 2. The molecule has 1 aliphatic heterocycles. The molecule has 0 radical (unpaired) electrons. The van der Waals surface area contributed by atoms with Crippen LogP contribution in [0.3, 0.4) is 0 Å². The van der Waals surface area contributed by atoms with Gasteiger partial charge in [-0.05, 0) is 36.5 Å². The van der Waals surface area contributed by atoms with Gasteiger partial charge in [-0.15, -0.1) is 0 Å². The topological polar surface area (TPSA) is 150 Å². The fourth-order valence-electron chi connectivity index (χ4n) is 5.40. The van der Waals surface area contributed by atoms with E-state index in [4.69, 9.17) is 4.74 Å². The number of hydrogen-bond donors (Lipinski definition) is 5. The second-order valence-electron chi connectivity index (χ2n) is 10.3. The minimum atomic E-state index is -1.37. The molecule has 1 saturated carbocycles. The number of carbonyl (C=O) groups is 1. The highest BCUT2D eigenvalue weighted by molar-refractivity contribution is 5.91. The number of anilines is 1. The number of aromatic nitrogens is 5. The zero-order valence-electron chi connectivity index (χ0n) is 21.6. The molecule has 5 N–H and O–H groups in total. The Hall–Kier alpha value is -4.32. The average molecular weight is 540 g/mol. The highest BCUT2D eigenvalue weighted by Crippen LogP contribution is 2.34. The highest BCUT2D eigenvalue weighted by atomic mass is 16.6. The summed E-state index contributed by atoms with van der Waals surface area (Å²) in [4.78, 5) is 29.3. The van der Waals surface area contributed by atoms with Crippen LogP contribution in [0.25, 0.3) is 33.3 Å². The minimum absolute atomic E-state index is 0.114. The van der Waals surface area contributed by atoms with Gasteiger partial charge in [0.1, 0.15) is 18.5 Å². The Balaban J connectivity index is 1.11. The zero-order chi connectivity index (χ0) is 27.2. The van der Waals surface area contributed by atoms with E-state index < -0.39 is 30.4 Å². The lowest BCUT2D eigenvalue weighted by molar-refractivity contribution is -0.137. The van der Waals surface area contributed by atoms with Crippen LogP contribution in [0.2, 0.25) is 0 Å². The number of benzene rings is 2. The van der Waals surface area contributed by atoms with Crippen LogP contribution in [0.15, 0.2) is 67.3 Å². The molecular formula is C29H29N7O4. The van der Waals surface area contributed by atoms with Gasteiger partial charge >= 0.3 is 0 Å². The van der Waals surface area contributed by atoms with Crippen LogP contribution in [-0.2, 0) is 16.0 Å². The van der Waals surface area contributed by atoms with Gasteiger partial charge in [0, 0.05) is 29.2 Å². The Labute approximate surface area is 229 Å². The normalized spacial score (nSPS) is 22.6. The Kier molecular flexibility index (Phi) is 6.18. The molecule has 204 valence electrons. The van der Waals surface area contributed by atoms with Crippen molar-refractivity contribution in [3.05, 3.63) is 72.8 Å². The number of nitrogens with zero attached hydrogens (tertiary/aromatic N) is 4. The molecule has 3 aromatic heterocycles. The predicted molar refractivity (Wildman–Crippen MR) is 148 cm³/mol. The SMILES string of the molecule is O=C(NC1CC1)[C@H]1OC(n2cnc3c(NCCc4c(-c5ccccc5)[nH]c5ccccc45)ncnc32)[C@H](O)[C@@H]1O. The molecule has 2 aliphatic rings. The maximum atomic E-state index is 12.5. The quantitative estimate of drug-likeness (QED) is 0.202. The first-order valence-corrected chi connectivity index (χ1v) is 13.5. The molecular weight excluding hydrogens is 510 g/mol. The maximum Gasteiger partial charge on any atom is 0.252 e. The Bertz CT molecular complexity index is 1680. The summed E-state index contributed by atoms with van der Waals surface area (Å²) in [5.41, 5.74) is 5.43. The van der Waals surface area contributed by atoms with E-state index in [2.05, 4.69) is 54.8 Å². The van der Waals surface area contributed by atoms with E-state index in [1.807, 2.05) is 30.3 Å². The number of nitrogens with one attached hydrogen (secondary N) is 3. The van der Waals surface area contributed by atoms with Crippen LogP contribution < -0.4 is 10.6 Å². The second-order valence-corrected chi connectivity index (χ2v) is 10.3. The number of fused-ring (bicyclic) bond motifs is 2. The Morgan fingerprint density at radius 2 is 1.82 bits per heavy atom. The molecule has 1 aliphatic carbocycles. The van der Waals surface area contributed by atoms with Crippen LogP contribution >= 0.6 is 0 Å². The number of H-pyrrole nitrogens is 1. The molecule has 4 heterocycles. The van der Waals surface area contributed by atoms with E-state index >= 15 is 0 Å². The lowest BCUT2D eigenvalue weighted by atomic mass is 10.0. The largest absolute Gasteiger partial charge is 0.387 e. The number of carbonyl (C=O) groups excluding carboxylic acids is 1. The zero-order valence-corrected chi connectivity index (χ0v) is 21.6. The van der Waals surface area contributed by atoms with E-state index in [9.17, 15) is 15.0 Å². The fourth-order valence-corrected chi connectivity index (χ4v) is 5.40. The smallest absolute Gasteiger partial charge is 0.252 e.